The average molecular weight is 304 g/mol. The van der Waals surface area contributed by atoms with Gasteiger partial charge in [0.15, 0.2) is 0 Å². The molecule has 0 bridgehead atoms. The number of rotatable bonds is 4. The summed E-state index contributed by atoms with van der Waals surface area (Å²) in [5.41, 5.74) is 0.958. The van der Waals surface area contributed by atoms with Crippen molar-refractivity contribution in [1.82, 2.24) is 10.2 Å². The van der Waals surface area contributed by atoms with Gasteiger partial charge in [0.05, 0.1) is 13.2 Å². The highest BCUT2D eigenvalue weighted by Gasteiger charge is 2.50. The number of β-amino-alcohol motifs (C(OH)–C–C–N with tert-alkyl or cyclic N) is 1. The van der Waals surface area contributed by atoms with Crippen LogP contribution in [0.25, 0.3) is 0 Å². The van der Waals surface area contributed by atoms with Crippen LogP contribution in [0.1, 0.15) is 45.2 Å². The lowest BCUT2D eigenvalue weighted by Gasteiger charge is -2.27. The van der Waals surface area contributed by atoms with E-state index in [1.54, 1.807) is 0 Å². The second kappa shape index (κ2) is 5.72. The van der Waals surface area contributed by atoms with Crippen LogP contribution in [0.5, 0.6) is 0 Å². The second-order valence-corrected chi connectivity index (χ2v) is 6.70. The number of aliphatic hydroxyl groups excluding tert-OH is 1. The second-order valence-electron chi connectivity index (χ2n) is 6.70. The van der Waals surface area contributed by atoms with E-state index in [0.717, 1.165) is 10.5 Å². The third-order valence-corrected chi connectivity index (χ3v) is 4.27. The third-order valence-electron chi connectivity index (χ3n) is 4.27. The highest BCUT2D eigenvalue weighted by atomic mass is 16.3. The third kappa shape index (κ3) is 2.61. The van der Waals surface area contributed by atoms with Crippen LogP contribution in [0.2, 0.25) is 0 Å². The topological polar surface area (TPSA) is 69.6 Å². The minimum Gasteiger partial charge on any atom is -0.395 e. The zero-order valence-corrected chi connectivity index (χ0v) is 13.6. The fourth-order valence-corrected chi connectivity index (χ4v) is 2.82. The molecule has 2 N–H and O–H groups in total. The molecule has 1 saturated heterocycles. The Labute approximate surface area is 131 Å². The molecular weight excluding hydrogens is 280 g/mol. The monoisotopic (exact) mass is 304 g/mol. The number of carbonyl (C=O) groups is 2. The number of imide groups is 1. The molecule has 0 saturated carbocycles. The lowest BCUT2D eigenvalue weighted by Crippen LogP contribution is -2.43. The molecule has 1 atom stereocenters. The summed E-state index contributed by atoms with van der Waals surface area (Å²) in [6, 6.07) is 7.37. The van der Waals surface area contributed by atoms with E-state index in [0.29, 0.717) is 6.42 Å². The van der Waals surface area contributed by atoms with Crippen molar-refractivity contribution in [2.75, 3.05) is 13.2 Å². The van der Waals surface area contributed by atoms with Crippen LogP contribution in [-0.2, 0) is 15.7 Å². The van der Waals surface area contributed by atoms with Crippen LogP contribution < -0.4 is 5.32 Å². The number of nitrogens with zero attached hydrogens (tertiary/aromatic N) is 1. The molecule has 0 radical (unpaired) electrons. The Morgan fingerprint density at radius 2 is 1.77 bits per heavy atom. The van der Waals surface area contributed by atoms with Gasteiger partial charge < -0.3 is 10.4 Å². The van der Waals surface area contributed by atoms with Crippen LogP contribution in [0, 0.1) is 0 Å². The lowest BCUT2D eigenvalue weighted by molar-refractivity contribution is -0.132. The van der Waals surface area contributed by atoms with Gasteiger partial charge in [-0.15, -0.1) is 0 Å². The van der Waals surface area contributed by atoms with E-state index in [1.165, 1.54) is 5.56 Å². The number of carbonyl (C=O) groups excluding carboxylic acids is 2. The number of amides is 3. The number of aliphatic hydroxyl groups is 1. The summed E-state index contributed by atoms with van der Waals surface area (Å²) in [5.74, 6) is -0.294. The average Bonchev–Trinajstić information content (AvgIpc) is 2.72. The van der Waals surface area contributed by atoms with Gasteiger partial charge in [0.2, 0.25) is 0 Å². The summed E-state index contributed by atoms with van der Waals surface area (Å²) in [7, 11) is 0. The first-order chi connectivity index (χ1) is 10.3. The minimum absolute atomic E-state index is 0.0203. The fraction of sp³-hybridized carbons (Fsp3) is 0.529. The van der Waals surface area contributed by atoms with Gasteiger partial charge in [-0.05, 0) is 23.0 Å². The highest BCUT2D eigenvalue weighted by Crippen LogP contribution is 2.33. The Morgan fingerprint density at radius 3 is 2.23 bits per heavy atom. The van der Waals surface area contributed by atoms with Gasteiger partial charge in [0.1, 0.15) is 5.54 Å². The first-order valence-electron chi connectivity index (χ1n) is 7.62. The summed E-state index contributed by atoms with van der Waals surface area (Å²) >= 11 is 0. The predicted molar refractivity (Wildman–Crippen MR) is 84.4 cm³/mol. The van der Waals surface area contributed by atoms with E-state index in [4.69, 9.17) is 5.11 Å². The standard InChI is InChI=1S/C17H24N2O3/c1-5-17(14(21)19(10-11-20)15(22)18-17)13-8-6-12(7-9-13)16(2,3)4/h6-9,20H,5,10-11H2,1-4H3,(H,18,22). The van der Waals surface area contributed by atoms with Crippen LogP contribution in [0.4, 0.5) is 4.79 Å². The smallest absolute Gasteiger partial charge is 0.325 e. The Bertz CT molecular complexity index is 575. The summed E-state index contributed by atoms with van der Waals surface area (Å²) in [5, 5.41) is 11.8. The molecule has 0 aromatic heterocycles. The molecule has 0 aliphatic carbocycles. The normalized spacial score (nSPS) is 22.1. The van der Waals surface area contributed by atoms with Crippen molar-refractivity contribution in [1.29, 1.82) is 0 Å². The van der Waals surface area contributed by atoms with E-state index < -0.39 is 11.6 Å². The Morgan fingerprint density at radius 1 is 1.18 bits per heavy atom. The van der Waals surface area contributed by atoms with Gasteiger partial charge in [-0.3, -0.25) is 9.69 Å². The zero-order valence-electron chi connectivity index (χ0n) is 13.6. The molecule has 1 fully saturated rings. The van der Waals surface area contributed by atoms with Crippen molar-refractivity contribution < 1.29 is 14.7 Å². The quantitative estimate of drug-likeness (QED) is 0.837. The van der Waals surface area contributed by atoms with Crippen LogP contribution in [-0.4, -0.2) is 35.1 Å². The molecule has 22 heavy (non-hydrogen) atoms. The Kier molecular flexibility index (Phi) is 4.29. The number of nitrogens with one attached hydrogen (secondary N) is 1. The van der Waals surface area contributed by atoms with E-state index in [-0.39, 0.29) is 24.5 Å². The van der Waals surface area contributed by atoms with Crippen molar-refractivity contribution in [3.05, 3.63) is 35.4 Å². The van der Waals surface area contributed by atoms with Crippen molar-refractivity contribution in [3.63, 3.8) is 0 Å². The van der Waals surface area contributed by atoms with Gasteiger partial charge in [0, 0.05) is 0 Å². The minimum atomic E-state index is -1.03. The molecule has 1 heterocycles. The van der Waals surface area contributed by atoms with E-state index >= 15 is 0 Å². The molecule has 5 nitrogen and oxygen atoms in total. The maximum atomic E-state index is 12.7. The summed E-state index contributed by atoms with van der Waals surface area (Å²) in [6.07, 6.45) is 0.467. The van der Waals surface area contributed by atoms with Gasteiger partial charge >= 0.3 is 6.03 Å². The van der Waals surface area contributed by atoms with E-state index in [2.05, 4.69) is 26.1 Å². The van der Waals surface area contributed by atoms with E-state index in [9.17, 15) is 9.59 Å². The Balaban J connectivity index is 2.40. The Hall–Kier alpha value is -1.88. The van der Waals surface area contributed by atoms with Crippen molar-refractivity contribution in [3.8, 4) is 0 Å². The summed E-state index contributed by atoms with van der Waals surface area (Å²) in [6.45, 7) is 8.04. The molecule has 1 aliphatic heterocycles. The molecule has 1 aliphatic rings. The molecule has 3 amide bonds. The van der Waals surface area contributed by atoms with Gasteiger partial charge in [-0.1, -0.05) is 52.0 Å². The van der Waals surface area contributed by atoms with Crippen molar-refractivity contribution in [2.45, 2.75) is 45.1 Å². The van der Waals surface area contributed by atoms with Gasteiger partial charge in [-0.25, -0.2) is 4.79 Å². The highest BCUT2D eigenvalue weighted by molar-refractivity contribution is 6.07. The predicted octanol–water partition coefficient (Wildman–Crippen LogP) is 2.13. The number of hydrogen-bond donors (Lipinski definition) is 2. The van der Waals surface area contributed by atoms with Crippen molar-refractivity contribution in [2.24, 2.45) is 0 Å². The number of benzene rings is 1. The first kappa shape index (κ1) is 16.5. The first-order valence-corrected chi connectivity index (χ1v) is 7.62. The van der Waals surface area contributed by atoms with Gasteiger partial charge in [-0.2, -0.15) is 0 Å². The van der Waals surface area contributed by atoms with Crippen LogP contribution >= 0.6 is 0 Å². The molecule has 1 aromatic rings. The molecule has 0 spiro atoms. The van der Waals surface area contributed by atoms with E-state index in [1.807, 2.05) is 31.2 Å². The molecule has 5 heteroatoms. The molecule has 2 rings (SSSR count). The number of urea groups is 1. The summed E-state index contributed by atoms with van der Waals surface area (Å²) < 4.78 is 0. The molecule has 120 valence electrons. The molecule has 1 aromatic carbocycles. The SMILES string of the molecule is CCC1(c2ccc(C(C)(C)C)cc2)NC(=O)N(CCO)C1=O. The fourth-order valence-electron chi connectivity index (χ4n) is 2.82. The molecule has 1 unspecified atom stereocenters. The largest absolute Gasteiger partial charge is 0.395 e. The number of hydrogen-bond acceptors (Lipinski definition) is 3. The van der Waals surface area contributed by atoms with Crippen LogP contribution in [0.15, 0.2) is 24.3 Å². The zero-order chi connectivity index (χ0) is 16.5. The van der Waals surface area contributed by atoms with Crippen molar-refractivity contribution >= 4 is 11.9 Å². The maximum absolute atomic E-state index is 12.7. The maximum Gasteiger partial charge on any atom is 0.325 e. The summed E-state index contributed by atoms with van der Waals surface area (Å²) in [4.78, 5) is 25.8. The lowest BCUT2D eigenvalue weighted by atomic mass is 9.82. The van der Waals surface area contributed by atoms with Gasteiger partial charge in [0.25, 0.3) is 5.91 Å². The molecular formula is C17H24N2O3. The van der Waals surface area contributed by atoms with Crippen LogP contribution in [0.3, 0.4) is 0 Å².